The van der Waals surface area contributed by atoms with Crippen LogP contribution in [0, 0.1) is 28.6 Å². The molecule has 0 spiro atoms. The number of fused-ring (bicyclic) bond motifs is 5. The summed E-state index contributed by atoms with van der Waals surface area (Å²) in [6, 6.07) is 0. The maximum atomic E-state index is 12.4. The molecule has 0 saturated heterocycles. The van der Waals surface area contributed by atoms with E-state index in [1.807, 2.05) is 13.0 Å². The Morgan fingerprint density at radius 3 is 2.73 bits per heavy atom. The third kappa shape index (κ3) is 2.08. The predicted molar refractivity (Wildman–Crippen MR) is 95.0 cm³/mol. The summed E-state index contributed by atoms with van der Waals surface area (Å²) in [5, 5.41) is 31.7. The van der Waals surface area contributed by atoms with E-state index in [4.69, 9.17) is 0 Å². The molecule has 4 rings (SSSR count). The van der Waals surface area contributed by atoms with Crippen LogP contribution in [0.25, 0.3) is 0 Å². The van der Waals surface area contributed by atoms with Crippen LogP contribution in [0.2, 0.25) is 0 Å². The molecule has 0 aromatic rings. The van der Waals surface area contributed by atoms with Gasteiger partial charge in [0.1, 0.15) is 12.2 Å². The summed E-state index contributed by atoms with van der Waals surface area (Å²) in [5.41, 5.74) is -1.54. The Balaban J connectivity index is 1.75. The Hall–Kier alpha value is -1.30. The van der Waals surface area contributed by atoms with Gasteiger partial charge in [-0.05, 0) is 56.1 Å². The Bertz CT molecular complexity index is 724. The number of carbonyl (C=O) groups excluding carboxylic acids is 2. The second-order valence-electron chi connectivity index (χ2n) is 9.19. The first-order chi connectivity index (χ1) is 12.2. The summed E-state index contributed by atoms with van der Waals surface area (Å²) in [7, 11) is 0. The van der Waals surface area contributed by atoms with E-state index in [-0.39, 0.29) is 29.0 Å². The average molecular weight is 360 g/mol. The van der Waals surface area contributed by atoms with Crippen molar-refractivity contribution in [3.63, 3.8) is 0 Å². The summed E-state index contributed by atoms with van der Waals surface area (Å²) < 4.78 is 0. The molecule has 4 aliphatic rings. The molecule has 0 heterocycles. The van der Waals surface area contributed by atoms with Crippen LogP contribution in [0.1, 0.15) is 46.0 Å². The van der Waals surface area contributed by atoms with Gasteiger partial charge in [-0.15, -0.1) is 0 Å². The zero-order chi connectivity index (χ0) is 18.9. The highest BCUT2D eigenvalue weighted by molar-refractivity contribution is 6.01. The minimum absolute atomic E-state index is 0.00912. The number of hydrogen-bond donors (Lipinski definition) is 3. The van der Waals surface area contributed by atoms with Crippen molar-refractivity contribution in [3.05, 3.63) is 23.8 Å². The molecule has 0 amide bonds. The van der Waals surface area contributed by atoms with Crippen molar-refractivity contribution < 1.29 is 24.9 Å². The second kappa shape index (κ2) is 5.60. The van der Waals surface area contributed by atoms with Crippen molar-refractivity contribution in [2.24, 2.45) is 28.6 Å². The second-order valence-corrected chi connectivity index (χ2v) is 9.19. The minimum atomic E-state index is -1.56. The number of aliphatic hydroxyl groups is 3. The summed E-state index contributed by atoms with van der Waals surface area (Å²) >= 11 is 0. The van der Waals surface area contributed by atoms with Crippen molar-refractivity contribution >= 4 is 11.6 Å². The van der Waals surface area contributed by atoms with Crippen molar-refractivity contribution in [3.8, 4) is 0 Å². The molecule has 3 N–H and O–H groups in total. The third-order valence-electron chi connectivity index (χ3n) is 8.25. The first kappa shape index (κ1) is 18.1. The number of carbonyl (C=O) groups is 2. The van der Waals surface area contributed by atoms with Crippen LogP contribution < -0.4 is 0 Å². The molecule has 0 unspecified atom stereocenters. The van der Waals surface area contributed by atoms with Gasteiger partial charge in [0, 0.05) is 16.7 Å². The summed E-state index contributed by atoms with van der Waals surface area (Å²) in [6.07, 6.45) is 7.68. The molecule has 7 atom stereocenters. The highest BCUT2D eigenvalue weighted by atomic mass is 16.3. The molecule has 0 bridgehead atoms. The molecule has 26 heavy (non-hydrogen) atoms. The van der Waals surface area contributed by atoms with E-state index < -0.39 is 29.5 Å². The molecule has 5 heteroatoms. The van der Waals surface area contributed by atoms with Crippen LogP contribution in [0.15, 0.2) is 23.8 Å². The van der Waals surface area contributed by atoms with Crippen molar-refractivity contribution in [1.29, 1.82) is 0 Å². The maximum Gasteiger partial charge on any atom is 0.190 e. The lowest BCUT2D eigenvalue weighted by Gasteiger charge is -2.59. The molecule has 0 aliphatic heterocycles. The van der Waals surface area contributed by atoms with Gasteiger partial charge >= 0.3 is 0 Å². The number of ketones is 2. The fourth-order valence-corrected chi connectivity index (χ4v) is 6.92. The highest BCUT2D eigenvalue weighted by Crippen LogP contribution is 2.67. The number of aliphatic hydroxyl groups excluding tert-OH is 2. The lowest BCUT2D eigenvalue weighted by Crippen LogP contribution is -2.61. The van der Waals surface area contributed by atoms with Crippen LogP contribution >= 0.6 is 0 Å². The number of hydrogen-bond acceptors (Lipinski definition) is 5. The molecule has 0 aromatic carbocycles. The lowest BCUT2D eigenvalue weighted by molar-refractivity contribution is -0.178. The van der Waals surface area contributed by atoms with Gasteiger partial charge < -0.3 is 15.3 Å². The smallest absolute Gasteiger partial charge is 0.190 e. The van der Waals surface area contributed by atoms with E-state index in [0.717, 1.165) is 24.8 Å². The third-order valence-corrected chi connectivity index (χ3v) is 8.25. The van der Waals surface area contributed by atoms with Crippen LogP contribution in [-0.4, -0.2) is 45.2 Å². The highest BCUT2D eigenvalue weighted by Gasteiger charge is 2.67. The van der Waals surface area contributed by atoms with E-state index in [1.165, 1.54) is 0 Å². The van der Waals surface area contributed by atoms with Crippen LogP contribution in [0.5, 0.6) is 0 Å². The first-order valence-electron chi connectivity index (χ1n) is 9.66. The molecule has 5 nitrogen and oxygen atoms in total. The van der Waals surface area contributed by atoms with E-state index in [1.54, 1.807) is 12.2 Å². The summed E-state index contributed by atoms with van der Waals surface area (Å²) in [5.74, 6) is -0.227. The molecule has 142 valence electrons. The van der Waals surface area contributed by atoms with Gasteiger partial charge in [-0.3, -0.25) is 9.59 Å². The normalized spacial score (nSPS) is 49.9. The molecular formula is C21H28O5. The molecular weight excluding hydrogens is 332 g/mol. The Kier molecular flexibility index (Phi) is 3.89. The average Bonchev–Trinajstić information content (AvgIpc) is 2.86. The summed E-state index contributed by atoms with van der Waals surface area (Å²) in [4.78, 5) is 24.2. The van der Waals surface area contributed by atoms with Gasteiger partial charge in [0.2, 0.25) is 0 Å². The number of allylic oxidation sites excluding steroid dienone is 4. The number of Topliss-reactive ketones (excluding diaryl/α,β-unsaturated/α-hetero) is 1. The molecule has 3 saturated carbocycles. The first-order valence-corrected chi connectivity index (χ1v) is 9.66. The van der Waals surface area contributed by atoms with Crippen LogP contribution in [-0.2, 0) is 9.59 Å². The van der Waals surface area contributed by atoms with Gasteiger partial charge in [0.25, 0.3) is 0 Å². The van der Waals surface area contributed by atoms with E-state index >= 15 is 0 Å². The lowest BCUT2D eigenvalue weighted by atomic mass is 9.46. The fourth-order valence-electron chi connectivity index (χ4n) is 6.92. The quantitative estimate of drug-likeness (QED) is 0.695. The van der Waals surface area contributed by atoms with Gasteiger partial charge in [0.15, 0.2) is 11.6 Å². The Morgan fingerprint density at radius 1 is 1.31 bits per heavy atom. The molecule has 4 aliphatic carbocycles. The number of rotatable bonds is 2. The Morgan fingerprint density at radius 2 is 2.04 bits per heavy atom. The zero-order valence-electron chi connectivity index (χ0n) is 15.4. The standard InChI is InChI=1S/C21H28O5/c1-19-7-5-13(23)9-12(19)3-4-14-15-6-8-21(26,17(25)11-22)20(15,2)10-16(24)18(14)19/h5,7,9,14-16,18,22,24,26H,3-4,6,8,10-11H2,1-2H3/t14-,15-,16+,18+,19-,20+,21-/m0/s1. The summed E-state index contributed by atoms with van der Waals surface area (Å²) in [6.45, 7) is 3.34. The van der Waals surface area contributed by atoms with Crippen LogP contribution in [0.4, 0.5) is 0 Å². The van der Waals surface area contributed by atoms with Crippen LogP contribution in [0.3, 0.4) is 0 Å². The zero-order valence-corrected chi connectivity index (χ0v) is 15.4. The molecule has 0 radical (unpaired) electrons. The molecule has 0 aromatic heterocycles. The predicted octanol–water partition coefficient (Wildman–Crippen LogP) is 1.56. The van der Waals surface area contributed by atoms with E-state index in [9.17, 15) is 24.9 Å². The molecule has 3 fully saturated rings. The van der Waals surface area contributed by atoms with Crippen molar-refractivity contribution in [1.82, 2.24) is 0 Å². The van der Waals surface area contributed by atoms with E-state index in [0.29, 0.717) is 12.8 Å². The fraction of sp³-hybridized carbons (Fsp3) is 0.714. The van der Waals surface area contributed by atoms with Crippen molar-refractivity contribution in [2.45, 2.75) is 57.7 Å². The minimum Gasteiger partial charge on any atom is -0.393 e. The largest absolute Gasteiger partial charge is 0.393 e. The van der Waals surface area contributed by atoms with Gasteiger partial charge in [0.05, 0.1) is 6.10 Å². The van der Waals surface area contributed by atoms with E-state index in [2.05, 4.69) is 6.92 Å². The topological polar surface area (TPSA) is 94.8 Å². The SMILES string of the molecule is C[C@]12C=CC(=O)C=C1CC[C@@H]1[C@@H]2[C@H](O)C[C@]2(C)[C@H]1CC[C@]2(O)C(=O)CO. The van der Waals surface area contributed by atoms with Crippen molar-refractivity contribution in [2.75, 3.05) is 6.61 Å². The monoisotopic (exact) mass is 360 g/mol. The van der Waals surface area contributed by atoms with Gasteiger partial charge in [-0.1, -0.05) is 25.5 Å². The maximum absolute atomic E-state index is 12.4. The van der Waals surface area contributed by atoms with Gasteiger partial charge in [-0.2, -0.15) is 0 Å². The van der Waals surface area contributed by atoms with Gasteiger partial charge in [-0.25, -0.2) is 0 Å². The Labute approximate surface area is 153 Å².